The molecule has 1 spiro atoms. The maximum atomic E-state index is 11.6. The lowest BCUT2D eigenvalue weighted by atomic mass is 10.0. The van der Waals surface area contributed by atoms with E-state index in [2.05, 4.69) is 17.2 Å². The number of hydrogen-bond donors (Lipinski definition) is 2. The summed E-state index contributed by atoms with van der Waals surface area (Å²) in [6.07, 6.45) is 2.16. The summed E-state index contributed by atoms with van der Waals surface area (Å²) >= 11 is 5.58. The fraction of sp³-hybridized carbons (Fsp3) is 0.700. The molecule has 0 aromatic rings. The summed E-state index contributed by atoms with van der Waals surface area (Å²) in [5, 5.41) is 6.58. The van der Waals surface area contributed by atoms with Crippen LogP contribution in [0.1, 0.15) is 12.8 Å². The van der Waals surface area contributed by atoms with Gasteiger partial charge in [-0.15, -0.1) is 0 Å². The molecule has 1 amide bonds. The molecule has 1 aliphatic carbocycles. The third kappa shape index (κ3) is 1.79. The second-order valence-corrected chi connectivity index (χ2v) is 4.82. The number of carbonyl (C=O) groups excluding carboxylic acids is 1. The molecule has 2 atom stereocenters. The molecule has 1 aliphatic heterocycles. The molecule has 3 nitrogen and oxygen atoms in total. The summed E-state index contributed by atoms with van der Waals surface area (Å²) in [6, 6.07) is 0. The highest BCUT2D eigenvalue weighted by molar-refractivity contribution is 6.29. The van der Waals surface area contributed by atoms with Gasteiger partial charge in [-0.25, -0.2) is 0 Å². The fourth-order valence-corrected chi connectivity index (χ4v) is 2.33. The van der Waals surface area contributed by atoms with Gasteiger partial charge in [0, 0.05) is 17.5 Å². The number of nitrogens with one attached hydrogen (secondary N) is 2. The minimum atomic E-state index is 0.135. The lowest BCUT2D eigenvalue weighted by Crippen LogP contribution is -2.28. The molecule has 1 saturated heterocycles. The van der Waals surface area contributed by atoms with E-state index in [9.17, 15) is 4.79 Å². The molecule has 4 heteroatoms. The van der Waals surface area contributed by atoms with Gasteiger partial charge < -0.3 is 10.6 Å². The van der Waals surface area contributed by atoms with Crippen LogP contribution in [0.3, 0.4) is 0 Å². The monoisotopic (exact) mass is 214 g/mol. The van der Waals surface area contributed by atoms with Crippen LogP contribution in [0.5, 0.6) is 0 Å². The average Bonchev–Trinajstić information content (AvgIpc) is 2.61. The Hall–Kier alpha value is -0.540. The van der Waals surface area contributed by atoms with Gasteiger partial charge in [0.05, 0.1) is 6.54 Å². The summed E-state index contributed by atoms with van der Waals surface area (Å²) < 4.78 is 0. The van der Waals surface area contributed by atoms with Crippen molar-refractivity contribution in [2.75, 3.05) is 19.6 Å². The number of rotatable bonds is 3. The summed E-state index contributed by atoms with van der Waals surface area (Å²) in [5.74, 6) is 0.337. The van der Waals surface area contributed by atoms with E-state index in [0.717, 1.165) is 25.9 Å². The third-order valence-corrected chi connectivity index (χ3v) is 3.37. The molecule has 2 N–H and O–H groups in total. The van der Waals surface area contributed by atoms with Crippen LogP contribution in [0.4, 0.5) is 0 Å². The van der Waals surface area contributed by atoms with Crippen molar-refractivity contribution in [3.05, 3.63) is 11.6 Å². The first kappa shape index (κ1) is 9.99. The Labute approximate surface area is 88.9 Å². The number of halogens is 1. The zero-order valence-corrected chi connectivity index (χ0v) is 8.86. The standard InChI is InChI=1S/C10H15ClN2O/c1-7(11)5-13-9(14)8-4-10(8)2-3-12-6-10/h8,12H,1-6H2,(H,13,14). The van der Waals surface area contributed by atoms with Crippen molar-refractivity contribution < 1.29 is 4.79 Å². The van der Waals surface area contributed by atoms with Gasteiger partial charge in [0.1, 0.15) is 0 Å². The molecule has 0 bridgehead atoms. The van der Waals surface area contributed by atoms with E-state index >= 15 is 0 Å². The largest absolute Gasteiger partial charge is 0.351 e. The Morgan fingerprint density at radius 3 is 3.07 bits per heavy atom. The molecule has 78 valence electrons. The maximum Gasteiger partial charge on any atom is 0.224 e. The van der Waals surface area contributed by atoms with E-state index < -0.39 is 0 Å². The second kappa shape index (κ2) is 3.55. The van der Waals surface area contributed by atoms with Crippen LogP contribution < -0.4 is 10.6 Å². The summed E-state index contributed by atoms with van der Waals surface area (Å²) in [5.41, 5.74) is 0.276. The van der Waals surface area contributed by atoms with Crippen LogP contribution in [0, 0.1) is 11.3 Å². The van der Waals surface area contributed by atoms with Gasteiger partial charge in [0.2, 0.25) is 5.91 Å². The van der Waals surface area contributed by atoms with Gasteiger partial charge in [0.15, 0.2) is 0 Å². The first-order valence-corrected chi connectivity index (χ1v) is 5.34. The number of hydrogen-bond acceptors (Lipinski definition) is 2. The van der Waals surface area contributed by atoms with E-state index in [1.54, 1.807) is 0 Å². The number of amides is 1. The van der Waals surface area contributed by atoms with Crippen molar-refractivity contribution >= 4 is 17.5 Å². The first-order valence-electron chi connectivity index (χ1n) is 4.96. The minimum Gasteiger partial charge on any atom is -0.351 e. The molecular weight excluding hydrogens is 200 g/mol. The third-order valence-electron chi connectivity index (χ3n) is 3.24. The van der Waals surface area contributed by atoms with Gasteiger partial charge in [-0.05, 0) is 24.8 Å². The summed E-state index contributed by atoms with van der Waals surface area (Å²) in [7, 11) is 0. The van der Waals surface area contributed by atoms with Gasteiger partial charge >= 0.3 is 0 Å². The zero-order chi connectivity index (χ0) is 10.2. The summed E-state index contributed by atoms with van der Waals surface area (Å²) in [4.78, 5) is 11.6. The smallest absolute Gasteiger partial charge is 0.224 e. The molecule has 0 aromatic carbocycles. The SMILES string of the molecule is C=C(Cl)CNC(=O)C1CC12CCNC2. The predicted molar refractivity (Wildman–Crippen MR) is 56.0 cm³/mol. The van der Waals surface area contributed by atoms with Gasteiger partial charge in [-0.1, -0.05) is 18.2 Å². The minimum absolute atomic E-state index is 0.135. The predicted octanol–water partition coefficient (Wildman–Crippen LogP) is 0.855. The van der Waals surface area contributed by atoms with E-state index in [1.165, 1.54) is 0 Å². The highest BCUT2D eigenvalue weighted by Crippen LogP contribution is 2.56. The van der Waals surface area contributed by atoms with Crippen molar-refractivity contribution in [2.24, 2.45) is 11.3 Å². The topological polar surface area (TPSA) is 41.1 Å². The van der Waals surface area contributed by atoms with Crippen LogP contribution in [0.2, 0.25) is 0 Å². The Bertz CT molecular complexity index is 271. The Balaban J connectivity index is 1.81. The first-order chi connectivity index (χ1) is 6.64. The molecule has 2 aliphatic rings. The number of carbonyl (C=O) groups is 1. The maximum absolute atomic E-state index is 11.6. The molecule has 2 rings (SSSR count). The van der Waals surface area contributed by atoms with E-state index in [1.807, 2.05) is 0 Å². The van der Waals surface area contributed by atoms with Gasteiger partial charge in [-0.2, -0.15) is 0 Å². The quantitative estimate of drug-likeness (QED) is 0.732. The molecular formula is C10H15ClN2O. The van der Waals surface area contributed by atoms with Crippen LogP contribution >= 0.6 is 11.6 Å². The molecule has 1 heterocycles. The zero-order valence-electron chi connectivity index (χ0n) is 8.11. The molecule has 1 saturated carbocycles. The van der Waals surface area contributed by atoms with Crippen molar-refractivity contribution in [3.8, 4) is 0 Å². The Kier molecular flexibility index (Phi) is 2.54. The molecule has 2 unspecified atom stereocenters. The molecule has 0 aromatic heterocycles. The Morgan fingerprint density at radius 2 is 2.50 bits per heavy atom. The van der Waals surface area contributed by atoms with Gasteiger partial charge in [0.25, 0.3) is 0 Å². The van der Waals surface area contributed by atoms with Crippen molar-refractivity contribution in [1.29, 1.82) is 0 Å². The highest BCUT2D eigenvalue weighted by atomic mass is 35.5. The Morgan fingerprint density at radius 1 is 1.71 bits per heavy atom. The lowest BCUT2D eigenvalue weighted by molar-refractivity contribution is -0.122. The van der Waals surface area contributed by atoms with Gasteiger partial charge in [-0.3, -0.25) is 4.79 Å². The van der Waals surface area contributed by atoms with Crippen molar-refractivity contribution in [3.63, 3.8) is 0 Å². The van der Waals surface area contributed by atoms with Crippen LogP contribution in [0.15, 0.2) is 11.6 Å². The fourth-order valence-electron chi connectivity index (χ4n) is 2.26. The van der Waals surface area contributed by atoms with Crippen LogP contribution in [-0.4, -0.2) is 25.5 Å². The normalized spacial score (nSPS) is 34.5. The second-order valence-electron chi connectivity index (χ2n) is 4.28. The average molecular weight is 215 g/mol. The molecule has 14 heavy (non-hydrogen) atoms. The van der Waals surface area contributed by atoms with Crippen LogP contribution in [0.25, 0.3) is 0 Å². The van der Waals surface area contributed by atoms with E-state index in [-0.39, 0.29) is 17.2 Å². The molecule has 2 fully saturated rings. The summed E-state index contributed by atoms with van der Waals surface area (Å²) in [6.45, 7) is 5.96. The van der Waals surface area contributed by atoms with Crippen LogP contribution in [-0.2, 0) is 4.79 Å². The van der Waals surface area contributed by atoms with Crippen molar-refractivity contribution in [1.82, 2.24) is 10.6 Å². The van der Waals surface area contributed by atoms with Crippen molar-refractivity contribution in [2.45, 2.75) is 12.8 Å². The van der Waals surface area contributed by atoms with E-state index in [4.69, 9.17) is 11.6 Å². The lowest BCUT2D eigenvalue weighted by Gasteiger charge is -2.07. The van der Waals surface area contributed by atoms with E-state index in [0.29, 0.717) is 11.6 Å². The highest BCUT2D eigenvalue weighted by Gasteiger charge is 2.58. The molecule has 0 radical (unpaired) electrons.